The Kier molecular flexibility index (Phi) is 3.69. The predicted molar refractivity (Wildman–Crippen MR) is 53.7 cm³/mol. The normalized spacial score (nSPS) is 11.5. The molecule has 78 valence electrons. The summed E-state index contributed by atoms with van der Waals surface area (Å²) in [6.45, 7) is 1.85. The van der Waals surface area contributed by atoms with Crippen molar-refractivity contribution >= 4 is 5.97 Å². The van der Waals surface area contributed by atoms with Crippen LogP contribution in [0.2, 0.25) is 0 Å². The van der Waals surface area contributed by atoms with Gasteiger partial charge in [-0.1, -0.05) is 6.92 Å². The zero-order valence-corrected chi connectivity index (χ0v) is 8.30. The Hall–Kier alpha value is -2.02. The maximum absolute atomic E-state index is 10.6. The number of hydrogen-bond acceptors (Lipinski definition) is 3. The van der Waals surface area contributed by atoms with E-state index in [0.29, 0.717) is 12.2 Å². The van der Waals surface area contributed by atoms with Gasteiger partial charge in [0.05, 0.1) is 5.56 Å². The van der Waals surface area contributed by atoms with E-state index in [0.717, 1.165) is 0 Å². The van der Waals surface area contributed by atoms with Gasteiger partial charge in [-0.3, -0.25) is 0 Å². The highest BCUT2D eigenvalue weighted by atomic mass is 16.5. The summed E-state index contributed by atoms with van der Waals surface area (Å²) in [6.07, 6.45) is 0.109. The van der Waals surface area contributed by atoms with Gasteiger partial charge in [-0.25, -0.2) is 4.79 Å². The summed E-state index contributed by atoms with van der Waals surface area (Å²) in [5.74, 6) is -0.470. The molecule has 0 fully saturated rings. The van der Waals surface area contributed by atoms with Gasteiger partial charge in [0.25, 0.3) is 0 Å². The average Bonchev–Trinajstić information content (AvgIpc) is 2.26. The lowest BCUT2D eigenvalue weighted by molar-refractivity contribution is 0.0697. The van der Waals surface area contributed by atoms with E-state index < -0.39 is 12.1 Å². The Morgan fingerprint density at radius 1 is 1.53 bits per heavy atom. The summed E-state index contributed by atoms with van der Waals surface area (Å²) >= 11 is 0. The van der Waals surface area contributed by atoms with E-state index >= 15 is 0 Å². The lowest BCUT2D eigenvalue weighted by atomic mass is 10.2. The third kappa shape index (κ3) is 2.99. The Morgan fingerprint density at radius 2 is 2.13 bits per heavy atom. The zero-order valence-electron chi connectivity index (χ0n) is 8.30. The fourth-order valence-electron chi connectivity index (χ4n) is 1.04. The molecule has 0 aromatic heterocycles. The van der Waals surface area contributed by atoms with Gasteiger partial charge in [-0.15, -0.1) is 0 Å². The number of carboxylic acids is 1. The third-order valence-electron chi connectivity index (χ3n) is 1.89. The van der Waals surface area contributed by atoms with Crippen LogP contribution in [0.15, 0.2) is 24.3 Å². The molecule has 0 saturated carbocycles. The van der Waals surface area contributed by atoms with Crippen molar-refractivity contribution < 1.29 is 14.6 Å². The van der Waals surface area contributed by atoms with Crippen molar-refractivity contribution in [2.75, 3.05) is 0 Å². The monoisotopic (exact) mass is 205 g/mol. The number of carboxylic acid groups (broad SMARTS) is 1. The molecule has 1 unspecified atom stereocenters. The number of nitrogens with zero attached hydrogens (tertiary/aromatic N) is 1. The van der Waals surface area contributed by atoms with Crippen LogP contribution in [0, 0.1) is 11.3 Å². The van der Waals surface area contributed by atoms with Gasteiger partial charge in [-0.2, -0.15) is 5.26 Å². The van der Waals surface area contributed by atoms with Crippen LogP contribution in [-0.4, -0.2) is 17.2 Å². The summed E-state index contributed by atoms with van der Waals surface area (Å²) in [4.78, 5) is 10.6. The number of ether oxygens (including phenoxy) is 1. The van der Waals surface area contributed by atoms with Crippen LogP contribution in [0.25, 0.3) is 0 Å². The van der Waals surface area contributed by atoms with Crippen LogP contribution in [0.4, 0.5) is 0 Å². The Bertz CT molecular complexity index is 378. The van der Waals surface area contributed by atoms with Crippen molar-refractivity contribution in [3.63, 3.8) is 0 Å². The van der Waals surface area contributed by atoms with Crippen LogP contribution >= 0.6 is 0 Å². The molecule has 0 heterocycles. The molecule has 1 N–H and O–H groups in total. The van der Waals surface area contributed by atoms with Crippen LogP contribution in [-0.2, 0) is 0 Å². The number of benzene rings is 1. The Balaban J connectivity index is 2.73. The number of hydrogen-bond donors (Lipinski definition) is 1. The molecular formula is C11H11NO3. The van der Waals surface area contributed by atoms with Gasteiger partial charge < -0.3 is 9.84 Å². The van der Waals surface area contributed by atoms with Crippen molar-refractivity contribution in [1.82, 2.24) is 0 Å². The minimum absolute atomic E-state index is 0.201. The molecule has 0 bridgehead atoms. The maximum atomic E-state index is 10.6. The van der Waals surface area contributed by atoms with Crippen molar-refractivity contribution in [3.8, 4) is 11.8 Å². The molecule has 0 spiro atoms. The fraction of sp³-hybridized carbons (Fsp3) is 0.273. The SMILES string of the molecule is CCC(C#N)Oc1ccc(C(=O)O)cc1. The minimum atomic E-state index is -0.978. The van der Waals surface area contributed by atoms with Crippen LogP contribution in [0.1, 0.15) is 23.7 Å². The molecule has 0 aliphatic carbocycles. The molecule has 0 radical (unpaired) electrons. The van der Waals surface area contributed by atoms with Gasteiger partial charge in [0.2, 0.25) is 0 Å². The molecule has 4 nitrogen and oxygen atoms in total. The highest BCUT2D eigenvalue weighted by Gasteiger charge is 2.07. The molecule has 1 aromatic carbocycles. The van der Waals surface area contributed by atoms with Gasteiger partial charge in [0.15, 0.2) is 6.10 Å². The first-order chi connectivity index (χ1) is 7.17. The zero-order chi connectivity index (χ0) is 11.3. The van der Waals surface area contributed by atoms with Crippen molar-refractivity contribution in [1.29, 1.82) is 5.26 Å². The molecule has 1 rings (SSSR count). The van der Waals surface area contributed by atoms with Gasteiger partial charge in [-0.05, 0) is 30.7 Å². The second-order valence-electron chi connectivity index (χ2n) is 2.97. The fourth-order valence-corrected chi connectivity index (χ4v) is 1.04. The molecule has 1 aromatic rings. The molecule has 15 heavy (non-hydrogen) atoms. The van der Waals surface area contributed by atoms with E-state index in [1.165, 1.54) is 12.1 Å². The smallest absolute Gasteiger partial charge is 0.335 e. The second-order valence-corrected chi connectivity index (χ2v) is 2.97. The second kappa shape index (κ2) is 5.01. The van der Waals surface area contributed by atoms with E-state index in [9.17, 15) is 4.79 Å². The number of aromatic carboxylic acids is 1. The summed E-state index contributed by atoms with van der Waals surface area (Å²) in [6, 6.07) is 7.98. The van der Waals surface area contributed by atoms with Crippen LogP contribution in [0.3, 0.4) is 0 Å². The summed E-state index contributed by atoms with van der Waals surface area (Å²) in [7, 11) is 0. The highest BCUT2D eigenvalue weighted by molar-refractivity contribution is 5.87. The van der Waals surface area contributed by atoms with Gasteiger partial charge in [0, 0.05) is 0 Å². The molecule has 4 heteroatoms. The molecule has 0 amide bonds. The predicted octanol–water partition coefficient (Wildman–Crippen LogP) is 2.07. The van der Waals surface area contributed by atoms with E-state index in [1.54, 1.807) is 12.1 Å². The Labute approximate surface area is 87.7 Å². The average molecular weight is 205 g/mol. The third-order valence-corrected chi connectivity index (χ3v) is 1.89. The summed E-state index contributed by atoms with van der Waals surface area (Å²) < 4.78 is 5.29. The number of carbonyl (C=O) groups is 1. The first-order valence-electron chi connectivity index (χ1n) is 4.57. The lowest BCUT2D eigenvalue weighted by Crippen LogP contribution is -2.12. The molecular weight excluding hydrogens is 194 g/mol. The highest BCUT2D eigenvalue weighted by Crippen LogP contribution is 2.14. The topological polar surface area (TPSA) is 70.3 Å². The Morgan fingerprint density at radius 3 is 2.53 bits per heavy atom. The summed E-state index contributed by atoms with van der Waals surface area (Å²) in [5.41, 5.74) is 0.201. The van der Waals surface area contributed by atoms with Crippen molar-refractivity contribution in [3.05, 3.63) is 29.8 Å². The van der Waals surface area contributed by atoms with Crippen LogP contribution < -0.4 is 4.74 Å². The molecule has 0 aliphatic rings. The largest absolute Gasteiger partial charge is 0.478 e. The van der Waals surface area contributed by atoms with E-state index in [-0.39, 0.29) is 5.56 Å². The minimum Gasteiger partial charge on any atom is -0.478 e. The van der Waals surface area contributed by atoms with E-state index in [2.05, 4.69) is 0 Å². The van der Waals surface area contributed by atoms with Crippen molar-refractivity contribution in [2.24, 2.45) is 0 Å². The lowest BCUT2D eigenvalue weighted by Gasteiger charge is -2.09. The standard InChI is InChI=1S/C11H11NO3/c1-2-9(7-12)15-10-5-3-8(4-6-10)11(13)14/h3-6,9H,2H2,1H3,(H,13,14). The first-order valence-corrected chi connectivity index (χ1v) is 4.57. The maximum Gasteiger partial charge on any atom is 0.335 e. The molecule has 0 aliphatic heterocycles. The van der Waals surface area contributed by atoms with Gasteiger partial charge in [0.1, 0.15) is 11.8 Å². The van der Waals surface area contributed by atoms with Gasteiger partial charge >= 0.3 is 5.97 Å². The first kappa shape index (κ1) is 11.1. The van der Waals surface area contributed by atoms with Crippen LogP contribution in [0.5, 0.6) is 5.75 Å². The summed E-state index contributed by atoms with van der Waals surface area (Å²) in [5, 5.41) is 17.3. The van der Waals surface area contributed by atoms with E-state index in [4.69, 9.17) is 15.1 Å². The van der Waals surface area contributed by atoms with Crippen molar-refractivity contribution in [2.45, 2.75) is 19.4 Å². The number of nitriles is 1. The molecule has 0 saturated heterocycles. The quantitative estimate of drug-likeness (QED) is 0.816. The van der Waals surface area contributed by atoms with E-state index in [1.807, 2.05) is 13.0 Å². The number of rotatable bonds is 4. The molecule has 1 atom stereocenters.